The molecular formula is C24H22N6OS. The Labute approximate surface area is 190 Å². The first-order valence-corrected chi connectivity index (χ1v) is 11.6. The van der Waals surface area contributed by atoms with Crippen molar-refractivity contribution in [1.29, 1.82) is 0 Å². The fraction of sp³-hybridized carbons (Fsp3) is 0.208. The highest BCUT2D eigenvalue weighted by Crippen LogP contribution is 2.40. The Kier molecular flexibility index (Phi) is 5.22. The van der Waals surface area contributed by atoms with Crippen LogP contribution >= 0.6 is 11.8 Å². The van der Waals surface area contributed by atoms with Gasteiger partial charge in [0.25, 0.3) is 5.95 Å². The number of fused-ring (bicyclic) bond motifs is 1. The number of nitrogens with one attached hydrogen (secondary N) is 1. The van der Waals surface area contributed by atoms with E-state index < -0.39 is 0 Å². The maximum absolute atomic E-state index is 12.6. The predicted molar refractivity (Wildman–Crippen MR) is 125 cm³/mol. The topological polar surface area (TPSA) is 85.6 Å². The van der Waals surface area contributed by atoms with Gasteiger partial charge < -0.3 is 5.32 Å². The lowest BCUT2D eigenvalue weighted by atomic mass is 9.86. The van der Waals surface area contributed by atoms with E-state index in [1.54, 1.807) is 22.6 Å². The highest BCUT2D eigenvalue weighted by Gasteiger charge is 2.33. The van der Waals surface area contributed by atoms with E-state index in [2.05, 4.69) is 49.9 Å². The summed E-state index contributed by atoms with van der Waals surface area (Å²) in [6.07, 6.45) is 4.06. The van der Waals surface area contributed by atoms with Crippen molar-refractivity contribution < 1.29 is 4.79 Å². The highest BCUT2D eigenvalue weighted by molar-refractivity contribution is 7.98. The summed E-state index contributed by atoms with van der Waals surface area (Å²) in [6, 6.07) is 16.4. The molecule has 0 aliphatic carbocycles. The van der Waals surface area contributed by atoms with Crippen LogP contribution in [0.5, 0.6) is 0 Å². The number of anilines is 1. The fourth-order valence-corrected chi connectivity index (χ4v) is 4.47. The number of amides is 1. The Bertz CT molecular complexity index is 1300. The van der Waals surface area contributed by atoms with Crippen LogP contribution in [0, 0.1) is 13.8 Å². The molecule has 2 aromatic heterocycles. The Hall–Kier alpha value is -3.52. The van der Waals surface area contributed by atoms with E-state index >= 15 is 0 Å². The van der Waals surface area contributed by atoms with Crippen LogP contribution in [0.2, 0.25) is 0 Å². The summed E-state index contributed by atoms with van der Waals surface area (Å²) in [5, 5.41) is 16.0. The van der Waals surface area contributed by atoms with Gasteiger partial charge >= 0.3 is 0 Å². The lowest BCUT2D eigenvalue weighted by Crippen LogP contribution is -2.25. The first kappa shape index (κ1) is 20.4. The minimum Gasteiger partial charge on any atom is -0.310 e. The van der Waals surface area contributed by atoms with E-state index in [1.165, 1.54) is 10.5 Å². The number of benzene rings is 2. The summed E-state index contributed by atoms with van der Waals surface area (Å²) in [6.45, 7) is 3.99. The van der Waals surface area contributed by atoms with Crippen LogP contribution in [0.1, 0.15) is 34.7 Å². The number of carbonyl (C=O) groups excluding carboxylic acids is 1. The van der Waals surface area contributed by atoms with Crippen molar-refractivity contribution in [3.05, 3.63) is 77.1 Å². The monoisotopic (exact) mass is 442 g/mol. The number of carbonyl (C=O) groups is 1. The lowest BCUT2D eigenvalue weighted by molar-refractivity contribution is -0.116. The van der Waals surface area contributed by atoms with Crippen LogP contribution in [0.25, 0.3) is 17.2 Å². The van der Waals surface area contributed by atoms with Crippen LogP contribution in [0.4, 0.5) is 5.82 Å². The summed E-state index contributed by atoms with van der Waals surface area (Å²) in [5.41, 5.74) is 5.73. The second-order valence-electron chi connectivity index (χ2n) is 7.85. The van der Waals surface area contributed by atoms with E-state index in [-0.39, 0.29) is 11.8 Å². The van der Waals surface area contributed by atoms with Gasteiger partial charge in [-0.15, -0.1) is 16.9 Å². The smallest absolute Gasteiger partial charge is 0.272 e. The van der Waals surface area contributed by atoms with Crippen LogP contribution in [0.15, 0.2) is 59.6 Å². The van der Waals surface area contributed by atoms with Crippen molar-refractivity contribution in [2.45, 2.75) is 31.1 Å². The van der Waals surface area contributed by atoms with E-state index in [0.717, 1.165) is 22.4 Å². The fourth-order valence-electron chi connectivity index (χ4n) is 4.06. The summed E-state index contributed by atoms with van der Waals surface area (Å²) < 4.78 is 1.59. The van der Waals surface area contributed by atoms with Gasteiger partial charge in [-0.2, -0.15) is 14.9 Å². The third-order valence-electron chi connectivity index (χ3n) is 5.71. The van der Waals surface area contributed by atoms with Gasteiger partial charge in [-0.25, -0.2) is 4.98 Å². The van der Waals surface area contributed by atoms with Gasteiger partial charge in [0.05, 0.1) is 17.6 Å². The highest BCUT2D eigenvalue weighted by atomic mass is 32.2. The number of hydrogen-bond donors (Lipinski definition) is 1. The molecule has 0 bridgehead atoms. The minimum absolute atomic E-state index is 0.0553. The molecule has 0 saturated heterocycles. The Morgan fingerprint density at radius 1 is 1.06 bits per heavy atom. The maximum atomic E-state index is 12.6. The number of aromatic nitrogens is 5. The molecule has 1 N–H and O–H groups in total. The zero-order chi connectivity index (χ0) is 22.2. The van der Waals surface area contributed by atoms with Crippen molar-refractivity contribution in [3.63, 3.8) is 0 Å². The predicted octanol–water partition coefficient (Wildman–Crippen LogP) is 4.54. The number of aryl methyl sites for hydroxylation is 2. The maximum Gasteiger partial charge on any atom is 0.272 e. The molecule has 2 aromatic carbocycles. The number of rotatable bonds is 4. The molecule has 32 heavy (non-hydrogen) atoms. The second kappa shape index (κ2) is 8.20. The van der Waals surface area contributed by atoms with Gasteiger partial charge in [0.1, 0.15) is 5.82 Å². The molecule has 160 valence electrons. The molecule has 1 amide bonds. The summed E-state index contributed by atoms with van der Waals surface area (Å²) in [4.78, 5) is 18.5. The van der Waals surface area contributed by atoms with Gasteiger partial charge in [-0.3, -0.25) is 4.79 Å². The second-order valence-corrected chi connectivity index (χ2v) is 8.72. The normalized spacial score (nSPS) is 15.3. The lowest BCUT2D eigenvalue weighted by Gasteiger charge is -2.24. The van der Waals surface area contributed by atoms with E-state index in [4.69, 9.17) is 0 Å². The average Bonchev–Trinajstić information content (AvgIpc) is 3.15. The van der Waals surface area contributed by atoms with E-state index in [9.17, 15) is 4.79 Å². The molecule has 0 fully saturated rings. The standard InChI is InChI=1S/C24H22N6OS/c1-14-4-6-17(7-5-14)20-13-25-28-24(26-20)30-23-22(15(2)29-30)19(12-21(31)27-23)16-8-10-18(32-3)11-9-16/h4-11,13,19H,12H2,1-3H3,(H,27,31)/t19-/m0/s1. The van der Waals surface area contributed by atoms with Crippen molar-refractivity contribution in [2.24, 2.45) is 0 Å². The van der Waals surface area contributed by atoms with Crippen molar-refractivity contribution in [2.75, 3.05) is 11.6 Å². The number of hydrogen-bond acceptors (Lipinski definition) is 6. The largest absolute Gasteiger partial charge is 0.310 e. The van der Waals surface area contributed by atoms with E-state index in [1.807, 2.05) is 44.4 Å². The molecule has 3 heterocycles. The van der Waals surface area contributed by atoms with Gasteiger partial charge in [0.2, 0.25) is 5.91 Å². The van der Waals surface area contributed by atoms with Crippen molar-refractivity contribution in [3.8, 4) is 17.2 Å². The Balaban J connectivity index is 1.58. The summed E-state index contributed by atoms with van der Waals surface area (Å²) in [5.74, 6) is 0.809. The number of nitrogens with zero attached hydrogens (tertiary/aromatic N) is 5. The molecule has 1 aliphatic heterocycles. The zero-order valence-corrected chi connectivity index (χ0v) is 18.8. The zero-order valence-electron chi connectivity index (χ0n) is 18.0. The molecule has 7 nitrogen and oxygen atoms in total. The summed E-state index contributed by atoms with van der Waals surface area (Å²) >= 11 is 1.70. The van der Waals surface area contributed by atoms with Crippen LogP contribution in [-0.4, -0.2) is 37.1 Å². The first-order valence-electron chi connectivity index (χ1n) is 10.3. The first-order chi connectivity index (χ1) is 15.5. The molecule has 0 radical (unpaired) electrons. The van der Waals surface area contributed by atoms with E-state index in [0.29, 0.717) is 23.9 Å². The van der Waals surface area contributed by atoms with Gasteiger partial charge in [0, 0.05) is 28.4 Å². The Morgan fingerprint density at radius 2 is 1.81 bits per heavy atom. The van der Waals surface area contributed by atoms with Gasteiger partial charge in [-0.1, -0.05) is 42.0 Å². The Morgan fingerprint density at radius 3 is 2.53 bits per heavy atom. The third kappa shape index (κ3) is 3.67. The quantitative estimate of drug-likeness (QED) is 0.467. The van der Waals surface area contributed by atoms with Crippen molar-refractivity contribution >= 4 is 23.5 Å². The third-order valence-corrected chi connectivity index (χ3v) is 6.45. The molecule has 0 spiro atoms. The van der Waals surface area contributed by atoms with Crippen LogP contribution in [0.3, 0.4) is 0 Å². The molecular weight excluding hydrogens is 420 g/mol. The molecule has 1 atom stereocenters. The van der Waals surface area contributed by atoms with Gasteiger partial charge in [0.15, 0.2) is 0 Å². The minimum atomic E-state index is -0.0725. The molecule has 4 aromatic rings. The van der Waals surface area contributed by atoms with Crippen LogP contribution in [-0.2, 0) is 4.79 Å². The van der Waals surface area contributed by atoms with Gasteiger partial charge in [-0.05, 0) is 37.8 Å². The molecule has 1 aliphatic rings. The molecule has 0 saturated carbocycles. The molecule has 5 rings (SSSR count). The summed E-state index contributed by atoms with van der Waals surface area (Å²) in [7, 11) is 0. The van der Waals surface area contributed by atoms with Crippen LogP contribution < -0.4 is 5.32 Å². The SMILES string of the molecule is CSc1ccc([C@@H]2CC(=O)Nc3c2c(C)nn3-c2nncc(-c3ccc(C)cc3)n2)cc1. The molecule has 0 unspecified atom stereocenters. The molecule has 8 heteroatoms. The van der Waals surface area contributed by atoms with Crippen molar-refractivity contribution in [1.82, 2.24) is 25.0 Å². The number of thioether (sulfide) groups is 1. The average molecular weight is 443 g/mol.